The minimum atomic E-state index is 0.0629. The third-order valence-corrected chi connectivity index (χ3v) is 3.19. The van der Waals surface area contributed by atoms with E-state index < -0.39 is 0 Å². The minimum Gasteiger partial charge on any atom is -0.347 e. The molecule has 0 aliphatic rings. The van der Waals surface area contributed by atoms with Crippen molar-refractivity contribution in [1.29, 1.82) is 0 Å². The highest BCUT2D eigenvalue weighted by molar-refractivity contribution is 5.82. The number of benzene rings is 1. The Morgan fingerprint density at radius 2 is 2.11 bits per heavy atom. The summed E-state index contributed by atoms with van der Waals surface area (Å²) in [5, 5.41) is 4.63. The number of nitrogens with zero attached hydrogens (tertiary/aromatic N) is 2. The van der Waals surface area contributed by atoms with Crippen LogP contribution in [0.5, 0.6) is 0 Å². The van der Waals surface area contributed by atoms with Gasteiger partial charge >= 0.3 is 0 Å². The monoisotopic (exact) mass is 252 g/mol. The maximum absolute atomic E-state index is 4.41. The van der Waals surface area contributed by atoms with Gasteiger partial charge in [0.15, 0.2) is 0 Å². The predicted molar refractivity (Wildman–Crippen MR) is 75.9 cm³/mol. The minimum absolute atomic E-state index is 0.0629. The lowest BCUT2D eigenvalue weighted by Crippen LogP contribution is -2.23. The summed E-state index contributed by atoms with van der Waals surface area (Å²) < 4.78 is 0. The molecular weight excluding hydrogens is 236 g/mol. The number of aromatic nitrogens is 3. The molecule has 0 saturated carbocycles. The normalized spacial score (nSPS) is 12.7. The molecule has 0 bridgehead atoms. The molecule has 4 nitrogen and oxygen atoms in total. The Balaban J connectivity index is 2.15. The summed E-state index contributed by atoms with van der Waals surface area (Å²) in [5.74, 6) is 0.929. The molecule has 1 aromatic carbocycles. The Labute approximate surface area is 111 Å². The summed E-state index contributed by atoms with van der Waals surface area (Å²) in [6.07, 6.45) is 5.45. The van der Waals surface area contributed by atoms with Crippen LogP contribution in [0.25, 0.3) is 10.9 Å². The van der Waals surface area contributed by atoms with Gasteiger partial charge in [0, 0.05) is 24.0 Å². The first kappa shape index (κ1) is 11.9. The van der Waals surface area contributed by atoms with Crippen LogP contribution >= 0.6 is 0 Å². The summed E-state index contributed by atoms with van der Waals surface area (Å²) >= 11 is 0. The van der Waals surface area contributed by atoms with Crippen LogP contribution in [0.15, 0.2) is 48.9 Å². The molecular formula is C15H16N4. The Morgan fingerprint density at radius 1 is 1.16 bits per heavy atom. The molecule has 1 atom stereocenters. The first-order valence-corrected chi connectivity index (χ1v) is 6.46. The molecule has 2 heterocycles. The van der Waals surface area contributed by atoms with E-state index in [0.717, 1.165) is 23.3 Å². The van der Waals surface area contributed by atoms with Gasteiger partial charge in [-0.1, -0.05) is 25.1 Å². The first-order chi connectivity index (χ1) is 9.40. The summed E-state index contributed by atoms with van der Waals surface area (Å²) in [6, 6.07) is 10.3. The number of H-pyrrole nitrogens is 1. The Bertz CT molecular complexity index is 655. The standard InChI is InChI=1S/C15H16N4/c1-2-16-14(15-18-9-10-19-15)12-5-3-7-13-11(12)6-4-8-17-13/h3-10,14,16H,2H2,1H3,(H,18,19). The van der Waals surface area contributed by atoms with Gasteiger partial charge in [-0.3, -0.25) is 4.98 Å². The Kier molecular flexibility index (Phi) is 3.25. The maximum atomic E-state index is 4.41. The molecule has 3 aromatic rings. The van der Waals surface area contributed by atoms with Crippen LogP contribution in [0, 0.1) is 0 Å². The smallest absolute Gasteiger partial charge is 0.127 e. The van der Waals surface area contributed by atoms with Gasteiger partial charge in [0.1, 0.15) is 5.82 Å². The van der Waals surface area contributed by atoms with Gasteiger partial charge < -0.3 is 10.3 Å². The summed E-state index contributed by atoms with van der Waals surface area (Å²) in [6.45, 7) is 2.97. The fraction of sp³-hybridized carbons (Fsp3) is 0.200. The average Bonchev–Trinajstić information content (AvgIpc) is 2.98. The van der Waals surface area contributed by atoms with Crippen molar-refractivity contribution >= 4 is 10.9 Å². The van der Waals surface area contributed by atoms with Crippen LogP contribution in [-0.4, -0.2) is 21.5 Å². The van der Waals surface area contributed by atoms with Crippen LogP contribution in [0.2, 0.25) is 0 Å². The lowest BCUT2D eigenvalue weighted by atomic mass is 10.0. The molecule has 0 radical (unpaired) electrons. The van der Waals surface area contributed by atoms with E-state index in [1.807, 2.05) is 30.6 Å². The molecule has 19 heavy (non-hydrogen) atoms. The molecule has 0 saturated heterocycles. The molecule has 3 rings (SSSR count). The van der Waals surface area contributed by atoms with E-state index in [0.29, 0.717) is 0 Å². The third-order valence-electron chi connectivity index (χ3n) is 3.19. The average molecular weight is 252 g/mol. The predicted octanol–water partition coefficient (Wildman–Crippen LogP) is 2.66. The fourth-order valence-electron chi connectivity index (χ4n) is 2.37. The summed E-state index contributed by atoms with van der Waals surface area (Å²) in [5.41, 5.74) is 2.21. The second kappa shape index (κ2) is 5.20. The lowest BCUT2D eigenvalue weighted by Gasteiger charge is -2.17. The number of hydrogen-bond acceptors (Lipinski definition) is 3. The highest BCUT2D eigenvalue weighted by Crippen LogP contribution is 2.26. The highest BCUT2D eigenvalue weighted by Gasteiger charge is 2.17. The maximum Gasteiger partial charge on any atom is 0.127 e. The van der Waals surface area contributed by atoms with Gasteiger partial charge in [-0.15, -0.1) is 0 Å². The lowest BCUT2D eigenvalue weighted by molar-refractivity contribution is 0.607. The van der Waals surface area contributed by atoms with Gasteiger partial charge in [0.05, 0.1) is 11.6 Å². The highest BCUT2D eigenvalue weighted by atomic mass is 15.0. The molecule has 4 heteroatoms. The van der Waals surface area contributed by atoms with Gasteiger partial charge in [0.2, 0.25) is 0 Å². The zero-order valence-corrected chi connectivity index (χ0v) is 10.8. The number of rotatable bonds is 4. The van der Waals surface area contributed by atoms with E-state index in [1.165, 1.54) is 5.56 Å². The molecule has 0 aliphatic heterocycles. The fourth-order valence-corrected chi connectivity index (χ4v) is 2.37. The van der Waals surface area contributed by atoms with Crippen LogP contribution in [0.4, 0.5) is 0 Å². The van der Waals surface area contributed by atoms with E-state index in [4.69, 9.17) is 0 Å². The van der Waals surface area contributed by atoms with Crippen LogP contribution in [0.1, 0.15) is 24.4 Å². The summed E-state index contributed by atoms with van der Waals surface area (Å²) in [4.78, 5) is 12.0. The van der Waals surface area contributed by atoms with Gasteiger partial charge in [-0.05, 0) is 24.2 Å². The second-order valence-corrected chi connectivity index (χ2v) is 4.38. The van der Waals surface area contributed by atoms with Crippen LogP contribution in [0.3, 0.4) is 0 Å². The van der Waals surface area contributed by atoms with E-state index >= 15 is 0 Å². The first-order valence-electron chi connectivity index (χ1n) is 6.46. The third kappa shape index (κ3) is 2.22. The van der Waals surface area contributed by atoms with Gasteiger partial charge in [0.25, 0.3) is 0 Å². The van der Waals surface area contributed by atoms with Gasteiger partial charge in [-0.2, -0.15) is 0 Å². The molecule has 2 N–H and O–H groups in total. The zero-order chi connectivity index (χ0) is 13.1. The molecule has 2 aromatic heterocycles. The molecule has 96 valence electrons. The van der Waals surface area contributed by atoms with Crippen molar-refractivity contribution in [2.45, 2.75) is 13.0 Å². The second-order valence-electron chi connectivity index (χ2n) is 4.38. The quantitative estimate of drug-likeness (QED) is 0.750. The van der Waals surface area contributed by atoms with Crippen molar-refractivity contribution in [1.82, 2.24) is 20.3 Å². The van der Waals surface area contributed by atoms with E-state index in [9.17, 15) is 0 Å². The van der Waals surface area contributed by atoms with Crippen molar-refractivity contribution < 1.29 is 0 Å². The molecule has 0 fully saturated rings. The number of nitrogens with one attached hydrogen (secondary N) is 2. The Hall–Kier alpha value is -2.20. The van der Waals surface area contributed by atoms with E-state index in [2.05, 4.69) is 39.3 Å². The van der Waals surface area contributed by atoms with Crippen molar-refractivity contribution in [3.63, 3.8) is 0 Å². The number of imidazole rings is 1. The SMILES string of the molecule is CCNC(c1ncc[nH]1)c1cccc2ncccc12. The molecule has 0 amide bonds. The van der Waals surface area contributed by atoms with Crippen molar-refractivity contribution in [2.75, 3.05) is 6.54 Å². The van der Waals surface area contributed by atoms with Crippen LogP contribution in [-0.2, 0) is 0 Å². The molecule has 1 unspecified atom stereocenters. The van der Waals surface area contributed by atoms with E-state index in [1.54, 1.807) is 6.20 Å². The topological polar surface area (TPSA) is 53.6 Å². The molecule has 0 aliphatic carbocycles. The molecule has 0 spiro atoms. The summed E-state index contributed by atoms with van der Waals surface area (Å²) in [7, 11) is 0. The van der Waals surface area contributed by atoms with Crippen molar-refractivity contribution in [3.05, 3.63) is 60.3 Å². The number of pyridine rings is 1. The zero-order valence-electron chi connectivity index (χ0n) is 10.8. The number of fused-ring (bicyclic) bond motifs is 1. The van der Waals surface area contributed by atoms with Crippen molar-refractivity contribution in [3.8, 4) is 0 Å². The van der Waals surface area contributed by atoms with Crippen LogP contribution < -0.4 is 5.32 Å². The largest absolute Gasteiger partial charge is 0.347 e. The number of aromatic amines is 1. The Morgan fingerprint density at radius 3 is 2.89 bits per heavy atom. The number of hydrogen-bond donors (Lipinski definition) is 2. The van der Waals surface area contributed by atoms with Gasteiger partial charge in [-0.25, -0.2) is 4.98 Å². The van der Waals surface area contributed by atoms with E-state index in [-0.39, 0.29) is 6.04 Å². The van der Waals surface area contributed by atoms with Crippen molar-refractivity contribution in [2.24, 2.45) is 0 Å².